The maximum absolute atomic E-state index is 12.7. The van der Waals surface area contributed by atoms with E-state index in [2.05, 4.69) is 10.5 Å². The van der Waals surface area contributed by atoms with Crippen molar-refractivity contribution in [2.45, 2.75) is 6.18 Å². The zero-order valence-corrected chi connectivity index (χ0v) is 14.0. The Morgan fingerprint density at radius 3 is 2.48 bits per heavy atom. The summed E-state index contributed by atoms with van der Waals surface area (Å²) in [7, 11) is 0. The summed E-state index contributed by atoms with van der Waals surface area (Å²) in [4.78, 5) is 8.85. The van der Waals surface area contributed by atoms with Crippen molar-refractivity contribution in [2.75, 3.05) is 6.54 Å². The van der Waals surface area contributed by atoms with Crippen molar-refractivity contribution >= 4 is 12.1 Å². The molecule has 4 N–H and O–H groups in total. The van der Waals surface area contributed by atoms with E-state index in [4.69, 9.17) is 20.7 Å². The zero-order chi connectivity index (χ0) is 19.7. The number of para-hydroxylation sites is 1. The van der Waals surface area contributed by atoms with Gasteiger partial charge in [0.2, 0.25) is 0 Å². The molecule has 142 valence electrons. The van der Waals surface area contributed by atoms with Gasteiger partial charge in [-0.05, 0) is 30.3 Å². The molecule has 0 radical (unpaired) electrons. The molecule has 0 aliphatic rings. The molecule has 0 saturated heterocycles. The number of halogens is 3. The van der Waals surface area contributed by atoms with Gasteiger partial charge in [-0.2, -0.15) is 13.2 Å². The number of hydrogen-bond donors (Lipinski definition) is 3. The lowest BCUT2D eigenvalue weighted by Crippen LogP contribution is -2.19. The number of benzene rings is 2. The molecule has 0 bridgehead atoms. The molecule has 0 amide bonds. The van der Waals surface area contributed by atoms with Gasteiger partial charge in [-0.15, -0.1) is 0 Å². The van der Waals surface area contributed by atoms with Crippen LogP contribution >= 0.6 is 0 Å². The number of nitrogens with zero attached hydrogens (tertiary/aromatic N) is 1. The molecule has 0 atom stereocenters. The molecule has 0 aliphatic heterocycles. The Labute approximate surface area is 153 Å². The van der Waals surface area contributed by atoms with Crippen molar-refractivity contribution in [1.29, 1.82) is 5.41 Å². The molecular formula is C18H17F3N4O2. The first-order chi connectivity index (χ1) is 12.9. The van der Waals surface area contributed by atoms with Gasteiger partial charge in [-0.3, -0.25) is 10.4 Å². The van der Waals surface area contributed by atoms with Gasteiger partial charge in [-0.25, -0.2) is 5.48 Å². The summed E-state index contributed by atoms with van der Waals surface area (Å²) in [6.45, 7) is -0.0413. The lowest BCUT2D eigenvalue weighted by atomic mass is 10.2. The molecule has 9 heteroatoms. The Hall–Kier alpha value is -3.49. The summed E-state index contributed by atoms with van der Waals surface area (Å²) in [5.41, 5.74) is 6.70. The summed E-state index contributed by atoms with van der Waals surface area (Å²) >= 11 is 0. The van der Waals surface area contributed by atoms with E-state index in [9.17, 15) is 13.2 Å². The second-order valence-electron chi connectivity index (χ2n) is 5.14. The molecule has 0 unspecified atom stereocenters. The summed E-state index contributed by atoms with van der Waals surface area (Å²) in [6, 6.07) is 13.0. The minimum atomic E-state index is -4.47. The van der Waals surface area contributed by atoms with Crippen LogP contribution in [0.2, 0.25) is 0 Å². The van der Waals surface area contributed by atoms with E-state index in [0.29, 0.717) is 5.75 Å². The average molecular weight is 378 g/mol. The summed E-state index contributed by atoms with van der Waals surface area (Å²) in [5, 5.41) is 7.99. The van der Waals surface area contributed by atoms with E-state index < -0.39 is 11.7 Å². The van der Waals surface area contributed by atoms with E-state index in [1.165, 1.54) is 18.3 Å². The number of nitrogens with two attached hydrogens (primary N) is 1. The van der Waals surface area contributed by atoms with Gasteiger partial charge >= 0.3 is 6.18 Å². The van der Waals surface area contributed by atoms with Crippen LogP contribution < -0.4 is 20.8 Å². The van der Waals surface area contributed by atoms with Crippen LogP contribution in [0.15, 0.2) is 71.5 Å². The third kappa shape index (κ3) is 6.38. The second-order valence-corrected chi connectivity index (χ2v) is 5.14. The third-order valence-electron chi connectivity index (χ3n) is 3.15. The van der Waals surface area contributed by atoms with Gasteiger partial charge < -0.3 is 15.3 Å². The zero-order valence-electron chi connectivity index (χ0n) is 14.0. The van der Waals surface area contributed by atoms with Gasteiger partial charge in [0.25, 0.3) is 0 Å². The predicted molar refractivity (Wildman–Crippen MR) is 95.6 cm³/mol. The van der Waals surface area contributed by atoms with Gasteiger partial charge in [0.1, 0.15) is 5.75 Å². The number of rotatable bonds is 8. The van der Waals surface area contributed by atoms with Crippen LogP contribution in [0.4, 0.5) is 13.2 Å². The quantitative estimate of drug-likeness (QED) is 0.284. The normalized spacial score (nSPS) is 12.0. The van der Waals surface area contributed by atoms with Crippen LogP contribution in [0.3, 0.4) is 0 Å². The van der Waals surface area contributed by atoms with E-state index in [-0.39, 0.29) is 23.8 Å². The van der Waals surface area contributed by atoms with Gasteiger partial charge in [-0.1, -0.05) is 24.3 Å². The highest BCUT2D eigenvalue weighted by Gasteiger charge is 2.30. The molecule has 6 nitrogen and oxygen atoms in total. The van der Waals surface area contributed by atoms with Gasteiger partial charge in [0.05, 0.1) is 30.4 Å². The standard InChI is InChI=1S/C18H17F3N4O2/c19-18(20,21)13-5-4-8-15(9-13)27-25-11-17(16(23)10-24-12-22)26-14-6-2-1-3-7-14/h1-9,11-12,23,25H,10H2,(H2,22,24)/b17-11+,23-16?. The molecule has 0 heterocycles. The maximum atomic E-state index is 12.7. The molecular weight excluding hydrogens is 361 g/mol. The van der Waals surface area contributed by atoms with E-state index in [1.54, 1.807) is 30.3 Å². The Balaban J connectivity index is 2.11. The highest BCUT2D eigenvalue weighted by atomic mass is 19.4. The maximum Gasteiger partial charge on any atom is 0.416 e. The lowest BCUT2D eigenvalue weighted by molar-refractivity contribution is -0.137. The smallest absolute Gasteiger partial charge is 0.416 e. The van der Waals surface area contributed by atoms with Gasteiger partial charge in [0, 0.05) is 0 Å². The lowest BCUT2D eigenvalue weighted by Gasteiger charge is -2.12. The van der Waals surface area contributed by atoms with Crippen LogP contribution in [-0.2, 0) is 6.18 Å². The van der Waals surface area contributed by atoms with Crippen LogP contribution in [0, 0.1) is 5.41 Å². The largest absolute Gasteiger partial charge is 0.454 e. The Bertz CT molecular complexity index is 821. The molecule has 0 fully saturated rings. The van der Waals surface area contributed by atoms with Crippen molar-refractivity contribution in [2.24, 2.45) is 10.7 Å². The Morgan fingerprint density at radius 2 is 1.81 bits per heavy atom. The number of nitrogens with one attached hydrogen (secondary N) is 2. The summed E-state index contributed by atoms with van der Waals surface area (Å²) in [6.07, 6.45) is -2.21. The first kappa shape index (κ1) is 19.8. The molecule has 2 rings (SSSR count). The van der Waals surface area contributed by atoms with E-state index in [0.717, 1.165) is 18.5 Å². The summed E-state index contributed by atoms with van der Waals surface area (Å²) in [5.74, 6) is 0.483. The molecule has 0 aliphatic carbocycles. The van der Waals surface area contributed by atoms with Crippen LogP contribution in [0.1, 0.15) is 5.56 Å². The monoisotopic (exact) mass is 378 g/mol. The third-order valence-corrected chi connectivity index (χ3v) is 3.15. The van der Waals surface area contributed by atoms with Crippen LogP contribution in [-0.4, -0.2) is 18.6 Å². The van der Waals surface area contributed by atoms with Crippen molar-refractivity contribution in [1.82, 2.24) is 5.48 Å². The van der Waals surface area contributed by atoms with Crippen molar-refractivity contribution in [3.05, 3.63) is 72.1 Å². The fraction of sp³-hybridized carbons (Fsp3) is 0.111. The number of hydrogen-bond acceptors (Lipinski definition) is 5. The number of aliphatic imine (C=N–C) groups is 1. The first-order valence-electron chi connectivity index (χ1n) is 7.70. The number of ether oxygens (including phenoxy) is 1. The van der Waals surface area contributed by atoms with Crippen molar-refractivity contribution in [3.8, 4) is 11.5 Å². The number of hydroxylamine groups is 1. The SMILES string of the molecule is N=C(C/N=C\N)/C(=C\NOc1cccc(C(F)(F)F)c1)Oc1ccccc1. The fourth-order valence-corrected chi connectivity index (χ4v) is 1.90. The van der Waals surface area contributed by atoms with Crippen LogP contribution in [0.5, 0.6) is 11.5 Å². The minimum Gasteiger partial charge on any atom is -0.454 e. The second kappa shape index (κ2) is 9.27. The predicted octanol–water partition coefficient (Wildman–Crippen LogP) is 3.52. The first-order valence-corrected chi connectivity index (χ1v) is 7.70. The summed E-state index contributed by atoms with van der Waals surface area (Å²) < 4.78 is 43.8. The topological polar surface area (TPSA) is 92.7 Å². The highest BCUT2D eigenvalue weighted by molar-refractivity contribution is 5.98. The average Bonchev–Trinajstić information content (AvgIpc) is 2.65. The Kier molecular flexibility index (Phi) is 6.81. The molecule has 0 spiro atoms. The van der Waals surface area contributed by atoms with Gasteiger partial charge in [0.15, 0.2) is 11.5 Å². The molecule has 0 aromatic heterocycles. The molecule has 0 saturated carbocycles. The van der Waals surface area contributed by atoms with E-state index in [1.807, 2.05) is 0 Å². The highest BCUT2D eigenvalue weighted by Crippen LogP contribution is 2.31. The van der Waals surface area contributed by atoms with Crippen molar-refractivity contribution in [3.63, 3.8) is 0 Å². The van der Waals surface area contributed by atoms with Crippen LogP contribution in [0.25, 0.3) is 0 Å². The molecule has 2 aromatic rings. The fourth-order valence-electron chi connectivity index (χ4n) is 1.90. The molecule has 27 heavy (non-hydrogen) atoms. The Morgan fingerprint density at radius 1 is 1.11 bits per heavy atom. The number of alkyl halides is 3. The molecule has 2 aromatic carbocycles. The van der Waals surface area contributed by atoms with E-state index >= 15 is 0 Å². The van der Waals surface area contributed by atoms with Crippen molar-refractivity contribution < 1.29 is 22.7 Å². The minimum absolute atomic E-state index is 0.0132.